The second kappa shape index (κ2) is 5.57. The second-order valence-electron chi connectivity index (χ2n) is 6.01. The summed E-state index contributed by atoms with van der Waals surface area (Å²) in [6.45, 7) is 0. The van der Waals surface area contributed by atoms with Crippen molar-refractivity contribution in [1.29, 1.82) is 0 Å². The molecule has 0 N–H and O–H groups in total. The van der Waals surface area contributed by atoms with Crippen LogP contribution in [0.5, 0.6) is 5.75 Å². The number of ether oxygens (including phenoxy) is 1. The summed E-state index contributed by atoms with van der Waals surface area (Å²) in [7, 11) is 1.70. The molecule has 5 aromatic rings. The van der Waals surface area contributed by atoms with Gasteiger partial charge in [0.25, 0.3) is 0 Å². The maximum absolute atomic E-state index is 5.47. The van der Waals surface area contributed by atoms with Crippen LogP contribution in [0.4, 0.5) is 0 Å². The Balaban J connectivity index is 2.05. The Morgan fingerprint density at radius 1 is 0.840 bits per heavy atom. The molecule has 0 aliphatic rings. The first-order valence-corrected chi connectivity index (χ1v) is 9.01. The van der Waals surface area contributed by atoms with Gasteiger partial charge in [-0.05, 0) is 29.8 Å². The van der Waals surface area contributed by atoms with Gasteiger partial charge in [0.2, 0.25) is 0 Å². The van der Waals surface area contributed by atoms with Gasteiger partial charge in [-0.3, -0.25) is 0 Å². The number of benzene rings is 3. The summed E-state index contributed by atoms with van der Waals surface area (Å²) in [5.41, 5.74) is 3.44. The molecule has 0 unspecified atom stereocenters. The molecule has 0 bridgehead atoms. The first-order valence-electron chi connectivity index (χ1n) is 8.19. The van der Waals surface area contributed by atoms with Crippen LogP contribution in [-0.4, -0.2) is 12.1 Å². The van der Waals surface area contributed by atoms with E-state index in [1.165, 1.54) is 26.6 Å². The number of rotatable bonds is 2. The van der Waals surface area contributed by atoms with Crippen LogP contribution in [0.25, 0.3) is 42.3 Å². The molecule has 0 atom stereocenters. The minimum absolute atomic E-state index is 0.852. The number of aromatic nitrogens is 1. The van der Waals surface area contributed by atoms with Crippen LogP contribution < -0.4 is 4.74 Å². The fourth-order valence-corrected chi connectivity index (χ4v) is 4.53. The quantitative estimate of drug-likeness (QED) is 0.377. The zero-order valence-electron chi connectivity index (χ0n) is 13.7. The van der Waals surface area contributed by atoms with E-state index in [-0.39, 0.29) is 0 Å². The van der Waals surface area contributed by atoms with Gasteiger partial charge in [0.05, 0.1) is 12.6 Å². The molecule has 0 aliphatic heterocycles. The highest BCUT2D eigenvalue weighted by Gasteiger charge is 2.16. The fourth-order valence-electron chi connectivity index (χ4n) is 3.44. The van der Waals surface area contributed by atoms with Crippen LogP contribution in [0.3, 0.4) is 0 Å². The van der Waals surface area contributed by atoms with Gasteiger partial charge in [-0.15, -0.1) is 11.3 Å². The third kappa shape index (κ3) is 2.20. The minimum Gasteiger partial charge on any atom is -0.497 e. The molecule has 0 saturated heterocycles. The summed E-state index contributed by atoms with van der Waals surface area (Å²) in [5, 5.41) is 3.62. The second-order valence-corrected chi connectivity index (χ2v) is 7.04. The molecule has 3 aromatic carbocycles. The van der Waals surface area contributed by atoms with Gasteiger partial charge < -0.3 is 4.74 Å². The van der Waals surface area contributed by atoms with E-state index < -0.39 is 0 Å². The summed E-state index contributed by atoms with van der Waals surface area (Å²) >= 11 is 1.75. The molecule has 0 fully saturated rings. The Kier molecular flexibility index (Phi) is 3.22. The predicted octanol–water partition coefficient (Wildman–Crippen LogP) is 6.28. The van der Waals surface area contributed by atoms with Crippen molar-refractivity contribution in [2.75, 3.05) is 7.11 Å². The van der Waals surface area contributed by atoms with Crippen molar-refractivity contribution >= 4 is 42.5 Å². The Morgan fingerprint density at radius 2 is 1.64 bits per heavy atom. The number of thiophene rings is 1. The normalized spacial score (nSPS) is 11.4. The maximum Gasteiger partial charge on any atom is 0.125 e. The molecule has 2 heterocycles. The topological polar surface area (TPSA) is 22.1 Å². The summed E-state index contributed by atoms with van der Waals surface area (Å²) < 4.78 is 6.74. The fraction of sp³-hybridized carbons (Fsp3) is 0.0455. The number of pyridine rings is 1. The van der Waals surface area contributed by atoms with Gasteiger partial charge in [-0.2, -0.15) is 0 Å². The number of nitrogens with zero attached hydrogens (tertiary/aromatic N) is 1. The third-order valence-corrected chi connectivity index (χ3v) is 5.65. The molecule has 2 aromatic heterocycles. The lowest BCUT2D eigenvalue weighted by Crippen LogP contribution is -1.89. The van der Waals surface area contributed by atoms with Crippen molar-refractivity contribution in [1.82, 2.24) is 4.98 Å². The third-order valence-electron chi connectivity index (χ3n) is 4.58. The van der Waals surface area contributed by atoms with E-state index in [4.69, 9.17) is 9.72 Å². The Morgan fingerprint density at radius 3 is 2.48 bits per heavy atom. The SMILES string of the molecule is COc1ccc2nc3sc4ccccc4c3c(-c3ccccc3)c2c1. The van der Waals surface area contributed by atoms with Crippen LogP contribution in [0.2, 0.25) is 0 Å². The van der Waals surface area contributed by atoms with Crippen molar-refractivity contribution in [2.24, 2.45) is 0 Å². The number of hydrogen-bond donors (Lipinski definition) is 0. The highest BCUT2D eigenvalue weighted by atomic mass is 32.1. The summed E-state index contributed by atoms with van der Waals surface area (Å²) in [4.78, 5) is 6.02. The number of methoxy groups -OCH3 is 1. The molecule has 0 amide bonds. The van der Waals surface area contributed by atoms with E-state index >= 15 is 0 Å². The molecule has 0 aliphatic carbocycles. The van der Waals surface area contributed by atoms with Crippen molar-refractivity contribution < 1.29 is 4.74 Å². The van der Waals surface area contributed by atoms with Crippen LogP contribution in [0.1, 0.15) is 0 Å². The van der Waals surface area contributed by atoms with Gasteiger partial charge in [0, 0.05) is 26.4 Å². The summed E-state index contributed by atoms with van der Waals surface area (Å²) in [5.74, 6) is 0.852. The molecule has 0 spiro atoms. The summed E-state index contributed by atoms with van der Waals surface area (Å²) in [6.07, 6.45) is 0. The molecule has 0 saturated carbocycles. The highest BCUT2D eigenvalue weighted by molar-refractivity contribution is 7.25. The summed E-state index contributed by atoms with van der Waals surface area (Å²) in [6, 6.07) is 25.2. The van der Waals surface area contributed by atoms with Crippen molar-refractivity contribution in [3.8, 4) is 16.9 Å². The van der Waals surface area contributed by atoms with E-state index in [1.807, 2.05) is 12.1 Å². The Bertz CT molecular complexity index is 1220. The van der Waals surface area contributed by atoms with Crippen LogP contribution in [0.15, 0.2) is 72.8 Å². The zero-order chi connectivity index (χ0) is 16.8. The monoisotopic (exact) mass is 341 g/mol. The van der Waals surface area contributed by atoms with Crippen LogP contribution in [-0.2, 0) is 0 Å². The van der Waals surface area contributed by atoms with Gasteiger partial charge in [0.1, 0.15) is 10.6 Å². The molecule has 0 radical (unpaired) electrons. The van der Waals surface area contributed by atoms with E-state index in [0.717, 1.165) is 21.5 Å². The first-order chi connectivity index (χ1) is 12.3. The zero-order valence-corrected chi connectivity index (χ0v) is 14.5. The molecule has 3 heteroatoms. The van der Waals surface area contributed by atoms with Crippen LogP contribution in [0, 0.1) is 0 Å². The molecule has 120 valence electrons. The van der Waals surface area contributed by atoms with Gasteiger partial charge >= 0.3 is 0 Å². The van der Waals surface area contributed by atoms with Crippen molar-refractivity contribution in [3.05, 3.63) is 72.8 Å². The van der Waals surface area contributed by atoms with Crippen molar-refractivity contribution in [3.63, 3.8) is 0 Å². The lowest BCUT2D eigenvalue weighted by molar-refractivity contribution is 0.415. The predicted molar refractivity (Wildman–Crippen MR) is 107 cm³/mol. The van der Waals surface area contributed by atoms with E-state index in [9.17, 15) is 0 Å². The molecule has 25 heavy (non-hydrogen) atoms. The average Bonchev–Trinajstić information content (AvgIpc) is 3.04. The van der Waals surface area contributed by atoms with Crippen molar-refractivity contribution in [2.45, 2.75) is 0 Å². The minimum atomic E-state index is 0.852. The maximum atomic E-state index is 5.47. The number of fused-ring (bicyclic) bond motifs is 4. The molecular formula is C22H15NOS. The van der Waals surface area contributed by atoms with Crippen LogP contribution >= 0.6 is 11.3 Å². The highest BCUT2D eigenvalue weighted by Crippen LogP contribution is 2.43. The van der Waals surface area contributed by atoms with Gasteiger partial charge in [-0.25, -0.2) is 4.98 Å². The standard InChI is InChI=1S/C22H15NOS/c1-24-15-11-12-18-17(13-15)20(14-7-3-2-4-8-14)21-16-9-5-6-10-19(16)25-22(21)23-18/h2-13H,1H3. The Labute approximate surface area is 149 Å². The molecular weight excluding hydrogens is 326 g/mol. The first kappa shape index (κ1) is 14.4. The van der Waals surface area contributed by atoms with Gasteiger partial charge in [-0.1, -0.05) is 48.5 Å². The lowest BCUT2D eigenvalue weighted by Gasteiger charge is -2.11. The van der Waals surface area contributed by atoms with E-state index in [0.29, 0.717) is 0 Å². The smallest absolute Gasteiger partial charge is 0.125 e. The van der Waals surface area contributed by atoms with Gasteiger partial charge in [0.15, 0.2) is 0 Å². The Hall–Kier alpha value is -2.91. The largest absolute Gasteiger partial charge is 0.497 e. The molecule has 2 nitrogen and oxygen atoms in total. The van der Waals surface area contributed by atoms with E-state index in [2.05, 4.69) is 60.7 Å². The van der Waals surface area contributed by atoms with E-state index in [1.54, 1.807) is 18.4 Å². The lowest BCUT2D eigenvalue weighted by atomic mass is 9.96. The average molecular weight is 341 g/mol. The number of hydrogen-bond acceptors (Lipinski definition) is 3. The molecule has 5 rings (SSSR count).